The largest absolute Gasteiger partial charge is 0.489 e. The van der Waals surface area contributed by atoms with Gasteiger partial charge in [0.05, 0.1) is 5.69 Å². The van der Waals surface area contributed by atoms with Crippen LogP contribution in [0.3, 0.4) is 0 Å². The van der Waals surface area contributed by atoms with Crippen molar-refractivity contribution in [3.8, 4) is 17.3 Å². The second kappa shape index (κ2) is 9.38. The lowest BCUT2D eigenvalue weighted by molar-refractivity contribution is -0.118. The van der Waals surface area contributed by atoms with Gasteiger partial charge in [-0.25, -0.2) is 9.67 Å². The van der Waals surface area contributed by atoms with Gasteiger partial charge in [-0.2, -0.15) is 5.10 Å². The summed E-state index contributed by atoms with van der Waals surface area (Å²) in [6, 6.07) is 22.4. The average Bonchev–Trinajstić information content (AvgIpc) is 3.33. The van der Waals surface area contributed by atoms with Gasteiger partial charge in [0.25, 0.3) is 5.91 Å². The number of carbonyl (C=O) groups is 1. The number of benzene rings is 2. The summed E-state index contributed by atoms with van der Waals surface area (Å²) < 4.78 is 12.9. The van der Waals surface area contributed by atoms with Crippen molar-refractivity contribution < 1.29 is 14.3 Å². The summed E-state index contributed by atoms with van der Waals surface area (Å²) in [5.41, 5.74) is 1.65. The van der Waals surface area contributed by atoms with Crippen LogP contribution >= 0.6 is 0 Å². The van der Waals surface area contributed by atoms with E-state index < -0.39 is 0 Å². The van der Waals surface area contributed by atoms with Crippen molar-refractivity contribution in [3.63, 3.8) is 0 Å². The Morgan fingerprint density at radius 1 is 0.867 bits per heavy atom. The van der Waals surface area contributed by atoms with Gasteiger partial charge in [-0.3, -0.25) is 4.79 Å². The van der Waals surface area contributed by atoms with Crippen LogP contribution in [0.15, 0.2) is 91.4 Å². The minimum Gasteiger partial charge on any atom is -0.489 e. The Hall–Kier alpha value is -4.13. The van der Waals surface area contributed by atoms with E-state index in [1.165, 1.54) is 0 Å². The summed E-state index contributed by atoms with van der Waals surface area (Å²) in [6.07, 6.45) is 5.05. The molecule has 0 saturated heterocycles. The first-order valence-electron chi connectivity index (χ1n) is 9.42. The van der Waals surface area contributed by atoms with Crippen molar-refractivity contribution >= 4 is 11.6 Å². The number of pyridine rings is 1. The van der Waals surface area contributed by atoms with Gasteiger partial charge >= 0.3 is 0 Å². The monoisotopic (exact) mass is 400 g/mol. The molecule has 150 valence electrons. The molecule has 30 heavy (non-hydrogen) atoms. The Labute approximate surface area is 173 Å². The van der Waals surface area contributed by atoms with Crippen LogP contribution in [-0.2, 0) is 11.4 Å². The van der Waals surface area contributed by atoms with Crippen LogP contribution < -0.4 is 14.8 Å². The summed E-state index contributed by atoms with van der Waals surface area (Å²) in [7, 11) is 0. The highest BCUT2D eigenvalue weighted by molar-refractivity contribution is 5.93. The molecule has 4 aromatic rings. The number of anilines is 1. The zero-order valence-electron chi connectivity index (χ0n) is 16.1. The highest BCUT2D eigenvalue weighted by Crippen LogP contribution is 2.19. The fourth-order valence-corrected chi connectivity index (χ4v) is 2.78. The van der Waals surface area contributed by atoms with Crippen molar-refractivity contribution in [1.82, 2.24) is 14.8 Å². The van der Waals surface area contributed by atoms with Crippen molar-refractivity contribution in [2.75, 3.05) is 11.9 Å². The summed E-state index contributed by atoms with van der Waals surface area (Å²) in [4.78, 5) is 16.6. The van der Waals surface area contributed by atoms with Gasteiger partial charge in [-0.15, -0.1) is 0 Å². The molecule has 0 radical (unpaired) electrons. The average molecular weight is 400 g/mol. The second-order valence-corrected chi connectivity index (χ2v) is 6.41. The molecule has 2 aromatic heterocycles. The Morgan fingerprint density at radius 2 is 1.63 bits per heavy atom. The third kappa shape index (κ3) is 5.02. The van der Waals surface area contributed by atoms with E-state index in [1.54, 1.807) is 53.6 Å². The summed E-state index contributed by atoms with van der Waals surface area (Å²) >= 11 is 0. The quantitative estimate of drug-likeness (QED) is 0.486. The first-order chi connectivity index (χ1) is 14.8. The Morgan fingerprint density at radius 3 is 2.37 bits per heavy atom. The molecule has 2 aromatic carbocycles. The standard InChI is InChI=1S/C23H20N4O3/c28-22(26-21-8-4-13-24-23(21)27-15-5-14-25-27)17-30-20-11-9-19(10-12-20)29-16-18-6-2-1-3-7-18/h1-15H,16-17H2,(H,26,28). The third-order valence-corrected chi connectivity index (χ3v) is 4.22. The lowest BCUT2D eigenvalue weighted by atomic mass is 10.2. The van der Waals surface area contributed by atoms with Crippen molar-refractivity contribution in [3.05, 3.63) is 97.0 Å². The number of ether oxygens (including phenoxy) is 2. The van der Waals surface area contributed by atoms with Gasteiger partial charge in [0.2, 0.25) is 0 Å². The highest BCUT2D eigenvalue weighted by Gasteiger charge is 2.10. The number of hydrogen-bond acceptors (Lipinski definition) is 5. The zero-order chi connectivity index (χ0) is 20.6. The van der Waals surface area contributed by atoms with Gasteiger partial charge in [0.1, 0.15) is 18.1 Å². The van der Waals surface area contributed by atoms with Crippen molar-refractivity contribution in [1.29, 1.82) is 0 Å². The molecule has 1 N–H and O–H groups in total. The van der Waals surface area contributed by atoms with Gasteiger partial charge < -0.3 is 14.8 Å². The van der Waals surface area contributed by atoms with Gasteiger partial charge in [0, 0.05) is 18.6 Å². The topological polar surface area (TPSA) is 78.3 Å². The fourth-order valence-electron chi connectivity index (χ4n) is 2.78. The van der Waals surface area contributed by atoms with Crippen molar-refractivity contribution in [2.24, 2.45) is 0 Å². The number of carbonyl (C=O) groups excluding carboxylic acids is 1. The molecule has 4 rings (SSSR count). The second-order valence-electron chi connectivity index (χ2n) is 6.41. The van der Waals surface area contributed by atoms with E-state index in [-0.39, 0.29) is 12.5 Å². The number of nitrogens with one attached hydrogen (secondary N) is 1. The minimum atomic E-state index is -0.291. The number of nitrogens with zero attached hydrogens (tertiary/aromatic N) is 3. The predicted octanol–water partition coefficient (Wildman–Crippen LogP) is 3.86. The Balaban J connectivity index is 1.29. The lowest BCUT2D eigenvalue weighted by Gasteiger charge is -2.11. The van der Waals surface area contributed by atoms with E-state index in [4.69, 9.17) is 9.47 Å². The minimum absolute atomic E-state index is 0.127. The zero-order valence-corrected chi connectivity index (χ0v) is 16.1. The molecule has 0 aliphatic carbocycles. The molecular weight excluding hydrogens is 380 g/mol. The smallest absolute Gasteiger partial charge is 0.262 e. The maximum Gasteiger partial charge on any atom is 0.262 e. The molecule has 7 nitrogen and oxygen atoms in total. The third-order valence-electron chi connectivity index (χ3n) is 4.22. The van der Waals surface area contributed by atoms with Crippen LogP contribution in [0.5, 0.6) is 11.5 Å². The lowest BCUT2D eigenvalue weighted by Crippen LogP contribution is -2.21. The maximum atomic E-state index is 12.3. The molecular formula is C23H20N4O3. The summed E-state index contributed by atoms with van der Waals surface area (Å²) in [5.74, 6) is 1.56. The number of rotatable bonds is 8. The molecule has 7 heteroatoms. The Kier molecular flexibility index (Phi) is 6.00. The molecule has 0 saturated carbocycles. The molecule has 0 aliphatic rings. The molecule has 0 atom stereocenters. The van der Waals surface area contributed by atoms with E-state index in [9.17, 15) is 4.79 Å². The summed E-state index contributed by atoms with van der Waals surface area (Å²) in [5, 5.41) is 6.96. The Bertz CT molecular complexity index is 1080. The van der Waals surface area contributed by atoms with E-state index in [2.05, 4.69) is 15.4 Å². The maximum absolute atomic E-state index is 12.3. The molecule has 0 bridgehead atoms. The van der Waals surface area contributed by atoms with E-state index >= 15 is 0 Å². The molecule has 2 heterocycles. The first kappa shape index (κ1) is 19.2. The predicted molar refractivity (Wildman–Crippen MR) is 113 cm³/mol. The number of aromatic nitrogens is 3. The molecule has 0 spiro atoms. The normalized spacial score (nSPS) is 10.4. The molecule has 0 unspecified atom stereocenters. The highest BCUT2D eigenvalue weighted by atomic mass is 16.5. The number of hydrogen-bond donors (Lipinski definition) is 1. The van der Waals surface area contributed by atoms with E-state index in [1.807, 2.05) is 42.5 Å². The molecule has 1 amide bonds. The van der Waals surface area contributed by atoms with Crippen LogP contribution in [0, 0.1) is 0 Å². The SMILES string of the molecule is O=C(COc1ccc(OCc2ccccc2)cc1)Nc1cccnc1-n1cccn1. The fraction of sp³-hybridized carbons (Fsp3) is 0.0870. The van der Waals surface area contributed by atoms with Gasteiger partial charge in [0.15, 0.2) is 12.4 Å². The van der Waals surface area contributed by atoms with Crippen LogP contribution in [0.4, 0.5) is 5.69 Å². The van der Waals surface area contributed by atoms with Crippen molar-refractivity contribution in [2.45, 2.75) is 6.61 Å². The van der Waals surface area contributed by atoms with E-state index in [0.717, 1.165) is 11.3 Å². The molecule has 0 fully saturated rings. The van der Waals surface area contributed by atoms with Crippen LogP contribution in [0.2, 0.25) is 0 Å². The number of amides is 1. The van der Waals surface area contributed by atoms with Crippen LogP contribution in [0.1, 0.15) is 5.56 Å². The summed E-state index contributed by atoms with van der Waals surface area (Å²) in [6.45, 7) is 0.366. The van der Waals surface area contributed by atoms with Crippen LogP contribution in [-0.4, -0.2) is 27.3 Å². The molecule has 0 aliphatic heterocycles. The van der Waals surface area contributed by atoms with E-state index in [0.29, 0.717) is 23.9 Å². The van der Waals surface area contributed by atoms with Gasteiger partial charge in [-0.05, 0) is 48.0 Å². The van der Waals surface area contributed by atoms with Gasteiger partial charge in [-0.1, -0.05) is 30.3 Å². The van der Waals surface area contributed by atoms with Crippen LogP contribution in [0.25, 0.3) is 5.82 Å². The first-order valence-corrected chi connectivity index (χ1v) is 9.42.